The Morgan fingerprint density at radius 2 is 2.15 bits per heavy atom. The van der Waals surface area contributed by atoms with Crippen molar-refractivity contribution in [3.8, 4) is 6.07 Å². The highest BCUT2D eigenvalue weighted by molar-refractivity contribution is 5.92. The van der Waals surface area contributed by atoms with E-state index in [-0.39, 0.29) is 12.3 Å². The van der Waals surface area contributed by atoms with Crippen LogP contribution in [0.4, 0.5) is 5.69 Å². The van der Waals surface area contributed by atoms with Crippen LogP contribution >= 0.6 is 0 Å². The van der Waals surface area contributed by atoms with Gasteiger partial charge in [0.05, 0.1) is 11.8 Å². The zero-order chi connectivity index (χ0) is 14.2. The number of pyridine rings is 1. The molecule has 0 spiro atoms. The van der Waals surface area contributed by atoms with Crippen LogP contribution in [0.3, 0.4) is 0 Å². The molecule has 0 fully saturated rings. The summed E-state index contributed by atoms with van der Waals surface area (Å²) >= 11 is 0. The van der Waals surface area contributed by atoms with Crippen LogP contribution in [-0.4, -0.2) is 10.9 Å². The van der Waals surface area contributed by atoms with E-state index in [1.165, 1.54) is 0 Å². The SMILES string of the molecule is N#CCC(=O)Nc1cccc(C=Cc2ccccn2)c1. The van der Waals surface area contributed by atoms with Gasteiger partial charge in [-0.15, -0.1) is 0 Å². The third-order valence-electron chi connectivity index (χ3n) is 2.54. The van der Waals surface area contributed by atoms with Gasteiger partial charge in [0.2, 0.25) is 5.91 Å². The topological polar surface area (TPSA) is 65.8 Å². The number of nitrogens with one attached hydrogen (secondary N) is 1. The minimum atomic E-state index is -0.307. The van der Waals surface area contributed by atoms with Crippen molar-refractivity contribution >= 4 is 23.7 Å². The Morgan fingerprint density at radius 1 is 1.25 bits per heavy atom. The maximum atomic E-state index is 11.3. The van der Waals surface area contributed by atoms with Crippen molar-refractivity contribution in [3.05, 3.63) is 59.9 Å². The zero-order valence-corrected chi connectivity index (χ0v) is 10.8. The first-order valence-corrected chi connectivity index (χ1v) is 6.14. The molecule has 0 bridgehead atoms. The van der Waals surface area contributed by atoms with E-state index in [1.54, 1.807) is 12.3 Å². The Kier molecular flexibility index (Phi) is 4.63. The molecule has 98 valence electrons. The van der Waals surface area contributed by atoms with Crippen LogP contribution in [0.1, 0.15) is 17.7 Å². The van der Waals surface area contributed by atoms with Crippen LogP contribution in [0, 0.1) is 11.3 Å². The molecule has 0 aliphatic rings. The van der Waals surface area contributed by atoms with E-state index < -0.39 is 0 Å². The van der Waals surface area contributed by atoms with E-state index in [1.807, 2.05) is 54.6 Å². The second-order valence-corrected chi connectivity index (χ2v) is 4.10. The molecule has 1 aromatic heterocycles. The molecule has 4 nitrogen and oxygen atoms in total. The molecule has 0 saturated heterocycles. The molecule has 0 aliphatic heterocycles. The zero-order valence-electron chi connectivity index (χ0n) is 10.8. The van der Waals surface area contributed by atoms with E-state index in [2.05, 4.69) is 10.3 Å². The number of aromatic nitrogens is 1. The molecule has 1 amide bonds. The lowest BCUT2D eigenvalue weighted by atomic mass is 10.1. The highest BCUT2D eigenvalue weighted by Gasteiger charge is 2.00. The van der Waals surface area contributed by atoms with Crippen molar-refractivity contribution in [1.29, 1.82) is 5.26 Å². The van der Waals surface area contributed by atoms with E-state index in [0.717, 1.165) is 11.3 Å². The number of hydrogen-bond acceptors (Lipinski definition) is 3. The summed E-state index contributed by atoms with van der Waals surface area (Å²) in [6.45, 7) is 0. The van der Waals surface area contributed by atoms with Gasteiger partial charge in [-0.05, 0) is 35.9 Å². The van der Waals surface area contributed by atoms with Crippen molar-refractivity contribution in [2.75, 3.05) is 5.32 Å². The lowest BCUT2D eigenvalue weighted by Gasteiger charge is -2.03. The number of anilines is 1. The van der Waals surface area contributed by atoms with Gasteiger partial charge in [0.1, 0.15) is 6.42 Å². The lowest BCUT2D eigenvalue weighted by molar-refractivity contribution is -0.115. The number of carbonyl (C=O) groups excluding carboxylic acids is 1. The molecule has 0 saturated carbocycles. The van der Waals surface area contributed by atoms with E-state index >= 15 is 0 Å². The molecular weight excluding hydrogens is 250 g/mol. The predicted octanol–water partition coefficient (Wildman–Crippen LogP) is 3.10. The predicted molar refractivity (Wildman–Crippen MR) is 78.5 cm³/mol. The second-order valence-electron chi connectivity index (χ2n) is 4.10. The fourth-order valence-electron chi connectivity index (χ4n) is 1.65. The monoisotopic (exact) mass is 263 g/mol. The average molecular weight is 263 g/mol. The van der Waals surface area contributed by atoms with Gasteiger partial charge in [0, 0.05) is 11.9 Å². The third kappa shape index (κ3) is 4.07. The van der Waals surface area contributed by atoms with Crippen LogP contribution in [0.25, 0.3) is 12.2 Å². The molecular formula is C16H13N3O. The normalized spacial score (nSPS) is 10.2. The molecule has 0 atom stereocenters. The van der Waals surface area contributed by atoms with Crippen molar-refractivity contribution < 1.29 is 4.79 Å². The summed E-state index contributed by atoms with van der Waals surface area (Å²) in [6.07, 6.45) is 5.41. The number of rotatable bonds is 4. The number of hydrogen-bond donors (Lipinski definition) is 1. The number of amides is 1. The average Bonchev–Trinajstić information content (AvgIpc) is 2.47. The maximum Gasteiger partial charge on any atom is 0.238 e. The van der Waals surface area contributed by atoms with Gasteiger partial charge in [0.15, 0.2) is 0 Å². The Bertz CT molecular complexity index is 657. The van der Waals surface area contributed by atoms with Crippen LogP contribution in [0.5, 0.6) is 0 Å². The first-order chi connectivity index (χ1) is 9.78. The molecule has 1 heterocycles. The number of benzene rings is 1. The Labute approximate surface area is 117 Å². The van der Waals surface area contributed by atoms with E-state index in [4.69, 9.17) is 5.26 Å². The third-order valence-corrected chi connectivity index (χ3v) is 2.54. The summed E-state index contributed by atoms with van der Waals surface area (Å²) in [7, 11) is 0. The Balaban J connectivity index is 2.08. The van der Waals surface area contributed by atoms with Crippen LogP contribution < -0.4 is 5.32 Å². The van der Waals surface area contributed by atoms with Crippen LogP contribution in [-0.2, 0) is 4.79 Å². The van der Waals surface area contributed by atoms with Crippen molar-refractivity contribution in [1.82, 2.24) is 4.98 Å². The van der Waals surface area contributed by atoms with Gasteiger partial charge >= 0.3 is 0 Å². The summed E-state index contributed by atoms with van der Waals surface area (Å²) in [5, 5.41) is 11.1. The molecule has 1 aromatic carbocycles. The highest BCUT2D eigenvalue weighted by atomic mass is 16.1. The van der Waals surface area contributed by atoms with Crippen LogP contribution in [0.2, 0.25) is 0 Å². The van der Waals surface area contributed by atoms with Crippen LogP contribution in [0.15, 0.2) is 48.7 Å². The molecule has 4 heteroatoms. The first kappa shape index (κ1) is 13.5. The van der Waals surface area contributed by atoms with Crippen molar-refractivity contribution in [2.24, 2.45) is 0 Å². The summed E-state index contributed by atoms with van der Waals surface area (Å²) < 4.78 is 0. The molecule has 0 radical (unpaired) electrons. The van der Waals surface area contributed by atoms with Gasteiger partial charge in [-0.1, -0.05) is 24.3 Å². The Morgan fingerprint density at radius 3 is 2.90 bits per heavy atom. The number of nitrogens with zero attached hydrogens (tertiary/aromatic N) is 2. The lowest BCUT2D eigenvalue weighted by Crippen LogP contribution is -2.09. The first-order valence-electron chi connectivity index (χ1n) is 6.14. The van der Waals surface area contributed by atoms with E-state index in [9.17, 15) is 4.79 Å². The molecule has 2 aromatic rings. The summed E-state index contributed by atoms with van der Waals surface area (Å²) in [6, 6.07) is 14.9. The van der Waals surface area contributed by atoms with E-state index in [0.29, 0.717) is 5.69 Å². The summed E-state index contributed by atoms with van der Waals surface area (Å²) in [5.74, 6) is -0.307. The molecule has 2 rings (SSSR count). The molecule has 1 N–H and O–H groups in total. The van der Waals surface area contributed by atoms with Crippen molar-refractivity contribution in [3.63, 3.8) is 0 Å². The smallest absolute Gasteiger partial charge is 0.238 e. The highest BCUT2D eigenvalue weighted by Crippen LogP contribution is 2.13. The number of carbonyl (C=O) groups is 1. The Hall–Kier alpha value is -2.93. The van der Waals surface area contributed by atoms with Gasteiger partial charge in [-0.2, -0.15) is 5.26 Å². The second kappa shape index (κ2) is 6.86. The minimum absolute atomic E-state index is 0.145. The fourth-order valence-corrected chi connectivity index (χ4v) is 1.65. The quantitative estimate of drug-likeness (QED) is 0.921. The minimum Gasteiger partial charge on any atom is -0.325 e. The largest absolute Gasteiger partial charge is 0.325 e. The maximum absolute atomic E-state index is 11.3. The molecule has 20 heavy (non-hydrogen) atoms. The number of nitriles is 1. The standard InChI is InChI=1S/C16H13N3O/c17-10-9-16(20)19-15-6-3-4-13(12-15)7-8-14-5-1-2-11-18-14/h1-8,11-12H,9H2,(H,19,20). The fraction of sp³-hybridized carbons (Fsp3) is 0.0625. The van der Waals surface area contributed by atoms with Crippen molar-refractivity contribution in [2.45, 2.75) is 6.42 Å². The molecule has 0 aliphatic carbocycles. The van der Waals surface area contributed by atoms with Gasteiger partial charge in [0.25, 0.3) is 0 Å². The van der Waals surface area contributed by atoms with Gasteiger partial charge in [-0.3, -0.25) is 9.78 Å². The van der Waals surface area contributed by atoms with Gasteiger partial charge < -0.3 is 5.32 Å². The molecule has 0 unspecified atom stereocenters. The van der Waals surface area contributed by atoms with Gasteiger partial charge in [-0.25, -0.2) is 0 Å². The summed E-state index contributed by atoms with van der Waals surface area (Å²) in [4.78, 5) is 15.5. The summed E-state index contributed by atoms with van der Waals surface area (Å²) in [5.41, 5.74) is 2.49.